The number of Topliss-reactive ketones (excluding diaryl/α,β-unsaturated/α-hetero) is 1. The lowest BCUT2D eigenvalue weighted by atomic mass is 9.95. The highest BCUT2D eigenvalue weighted by molar-refractivity contribution is 5.99. The monoisotopic (exact) mass is 241 g/mol. The van der Waals surface area contributed by atoms with E-state index in [1.54, 1.807) is 0 Å². The Hall–Kier alpha value is -2.23. The first-order valence-corrected chi connectivity index (χ1v) is 5.82. The number of carbonyl (C=O) groups is 1. The van der Waals surface area contributed by atoms with E-state index in [0.717, 1.165) is 21.9 Å². The third-order valence-electron chi connectivity index (χ3n) is 3.50. The van der Waals surface area contributed by atoms with Crippen molar-refractivity contribution >= 4 is 16.6 Å². The van der Waals surface area contributed by atoms with Crippen molar-refractivity contribution in [1.29, 1.82) is 0 Å². The van der Waals surface area contributed by atoms with E-state index in [1.165, 1.54) is 0 Å². The second-order valence-corrected chi connectivity index (χ2v) is 4.58. The number of nitrogens with zero attached hydrogens (tertiary/aromatic N) is 1. The third kappa shape index (κ3) is 1.57. The van der Waals surface area contributed by atoms with E-state index in [9.17, 15) is 14.9 Å². The molecule has 1 atom stereocenters. The first kappa shape index (κ1) is 10.9. The normalized spacial score (nSPS) is 17.0. The van der Waals surface area contributed by atoms with Crippen molar-refractivity contribution in [3.63, 3.8) is 0 Å². The highest BCUT2D eigenvalue weighted by Crippen LogP contribution is 2.38. The maximum absolute atomic E-state index is 11.9. The molecule has 0 saturated heterocycles. The molecule has 18 heavy (non-hydrogen) atoms. The van der Waals surface area contributed by atoms with Gasteiger partial charge in [-0.25, -0.2) is 0 Å². The fourth-order valence-electron chi connectivity index (χ4n) is 2.76. The topological polar surface area (TPSA) is 60.2 Å². The van der Waals surface area contributed by atoms with Crippen LogP contribution in [0.5, 0.6) is 0 Å². The molecule has 0 N–H and O–H groups in total. The van der Waals surface area contributed by atoms with Crippen LogP contribution in [0.15, 0.2) is 36.4 Å². The zero-order chi connectivity index (χ0) is 12.7. The van der Waals surface area contributed by atoms with Crippen molar-refractivity contribution < 1.29 is 9.72 Å². The van der Waals surface area contributed by atoms with Crippen LogP contribution in [0, 0.1) is 10.1 Å². The van der Waals surface area contributed by atoms with Crippen LogP contribution in [0.25, 0.3) is 10.8 Å². The van der Waals surface area contributed by atoms with Gasteiger partial charge < -0.3 is 0 Å². The summed E-state index contributed by atoms with van der Waals surface area (Å²) in [6.07, 6.45) is 0.587. The molecule has 0 radical (unpaired) electrons. The minimum absolute atomic E-state index is 0.302. The highest BCUT2D eigenvalue weighted by atomic mass is 16.6. The molecule has 1 unspecified atom stereocenters. The number of rotatable bonds is 3. The van der Waals surface area contributed by atoms with Gasteiger partial charge in [0.2, 0.25) is 5.78 Å². The molecule has 3 rings (SSSR count). The van der Waals surface area contributed by atoms with Crippen LogP contribution in [-0.2, 0) is 11.2 Å². The Morgan fingerprint density at radius 3 is 2.72 bits per heavy atom. The Kier molecular flexibility index (Phi) is 2.37. The van der Waals surface area contributed by atoms with Crippen LogP contribution in [0.2, 0.25) is 0 Å². The van der Waals surface area contributed by atoms with Crippen molar-refractivity contribution in [3.05, 3.63) is 57.6 Å². The van der Waals surface area contributed by atoms with Gasteiger partial charge in [-0.2, -0.15) is 0 Å². The van der Waals surface area contributed by atoms with Gasteiger partial charge in [-0.05, 0) is 28.3 Å². The lowest BCUT2D eigenvalue weighted by molar-refractivity contribution is -0.467. The predicted molar refractivity (Wildman–Crippen MR) is 67.3 cm³/mol. The van der Waals surface area contributed by atoms with E-state index in [-0.39, 0.29) is 11.7 Å². The zero-order valence-electron chi connectivity index (χ0n) is 9.63. The van der Waals surface area contributed by atoms with Crippen molar-refractivity contribution in [3.8, 4) is 0 Å². The summed E-state index contributed by atoms with van der Waals surface area (Å²) in [6.45, 7) is -0.588. The van der Waals surface area contributed by atoms with Crippen LogP contribution in [-0.4, -0.2) is 17.3 Å². The van der Waals surface area contributed by atoms with E-state index >= 15 is 0 Å². The van der Waals surface area contributed by atoms with E-state index in [2.05, 4.69) is 0 Å². The van der Waals surface area contributed by atoms with Gasteiger partial charge in [-0.1, -0.05) is 36.4 Å². The van der Waals surface area contributed by atoms with Gasteiger partial charge >= 0.3 is 0 Å². The fraction of sp³-hybridized carbons (Fsp3) is 0.214. The summed E-state index contributed by atoms with van der Waals surface area (Å²) < 4.78 is 0. The van der Waals surface area contributed by atoms with Crippen LogP contribution < -0.4 is 0 Å². The van der Waals surface area contributed by atoms with Gasteiger partial charge in [-0.3, -0.25) is 14.9 Å². The van der Waals surface area contributed by atoms with Gasteiger partial charge in [0, 0.05) is 4.92 Å². The first-order chi connectivity index (χ1) is 8.66. The van der Waals surface area contributed by atoms with Crippen molar-refractivity contribution in [2.45, 2.75) is 12.3 Å². The highest BCUT2D eigenvalue weighted by Gasteiger charge is 2.31. The SMILES string of the molecule is O=C(C[N+](=O)[O-])C1Cc2cccc3cccc1c23. The molecule has 4 heteroatoms. The quantitative estimate of drug-likeness (QED) is 0.612. The molecule has 0 fully saturated rings. The summed E-state index contributed by atoms with van der Waals surface area (Å²) >= 11 is 0. The fourth-order valence-corrected chi connectivity index (χ4v) is 2.76. The maximum atomic E-state index is 11.9. The van der Waals surface area contributed by atoms with Crippen LogP contribution >= 0.6 is 0 Å². The zero-order valence-corrected chi connectivity index (χ0v) is 9.63. The molecule has 0 spiro atoms. The van der Waals surface area contributed by atoms with Crippen LogP contribution in [0.4, 0.5) is 0 Å². The Morgan fingerprint density at radius 1 is 1.28 bits per heavy atom. The summed E-state index contributed by atoms with van der Waals surface area (Å²) in [5, 5.41) is 12.7. The Bertz CT molecular complexity index is 658. The molecule has 0 aromatic heterocycles. The number of benzene rings is 2. The van der Waals surface area contributed by atoms with Crippen molar-refractivity contribution in [1.82, 2.24) is 0 Å². The molecule has 0 amide bonds. The van der Waals surface area contributed by atoms with Gasteiger partial charge in [0.1, 0.15) is 0 Å². The van der Waals surface area contributed by atoms with Crippen molar-refractivity contribution in [2.24, 2.45) is 0 Å². The molecular formula is C14H11NO3. The molecule has 0 saturated carbocycles. The predicted octanol–water partition coefficient (Wildman–Crippen LogP) is 2.33. The van der Waals surface area contributed by atoms with E-state index in [1.807, 2.05) is 36.4 Å². The largest absolute Gasteiger partial charge is 0.292 e. The summed E-state index contributed by atoms with van der Waals surface area (Å²) in [4.78, 5) is 21.8. The first-order valence-electron chi connectivity index (χ1n) is 5.82. The van der Waals surface area contributed by atoms with E-state index in [4.69, 9.17) is 0 Å². The van der Waals surface area contributed by atoms with Crippen LogP contribution in [0.1, 0.15) is 17.0 Å². The molecule has 0 heterocycles. The summed E-state index contributed by atoms with van der Waals surface area (Å²) in [5.41, 5.74) is 2.06. The Morgan fingerprint density at radius 2 is 2.00 bits per heavy atom. The lowest BCUT2D eigenvalue weighted by Crippen LogP contribution is -2.21. The Balaban J connectivity index is 2.08. The smallest absolute Gasteiger partial charge is 0.261 e. The summed E-state index contributed by atoms with van der Waals surface area (Å²) in [6, 6.07) is 11.8. The molecule has 90 valence electrons. The Labute approximate surface area is 103 Å². The van der Waals surface area contributed by atoms with E-state index < -0.39 is 11.5 Å². The minimum Gasteiger partial charge on any atom is -0.292 e. The van der Waals surface area contributed by atoms with Gasteiger partial charge in [-0.15, -0.1) is 0 Å². The molecule has 0 bridgehead atoms. The lowest BCUT2D eigenvalue weighted by Gasteiger charge is -2.07. The third-order valence-corrected chi connectivity index (χ3v) is 3.50. The number of hydrogen-bond donors (Lipinski definition) is 0. The average molecular weight is 241 g/mol. The number of hydrogen-bond acceptors (Lipinski definition) is 3. The molecule has 2 aromatic carbocycles. The van der Waals surface area contributed by atoms with Gasteiger partial charge in [0.25, 0.3) is 6.54 Å². The molecule has 1 aliphatic carbocycles. The average Bonchev–Trinajstić information content (AvgIpc) is 2.70. The molecule has 1 aliphatic rings. The summed E-state index contributed by atoms with van der Waals surface area (Å²) in [5.74, 6) is -0.653. The van der Waals surface area contributed by atoms with Gasteiger partial charge in [0.15, 0.2) is 0 Å². The number of carbonyl (C=O) groups excluding carboxylic acids is 1. The molecular weight excluding hydrogens is 230 g/mol. The van der Waals surface area contributed by atoms with Crippen LogP contribution in [0.3, 0.4) is 0 Å². The standard InChI is InChI=1S/C14H11NO3/c16-13(8-15(17)18)12-7-10-5-1-3-9-4-2-6-11(12)14(9)10/h1-6,12H,7-8H2. The minimum atomic E-state index is -0.588. The molecule has 2 aromatic rings. The van der Waals surface area contributed by atoms with Gasteiger partial charge in [0.05, 0.1) is 5.92 Å². The molecule has 0 aliphatic heterocycles. The molecule has 4 nitrogen and oxygen atoms in total. The second-order valence-electron chi connectivity index (χ2n) is 4.58. The second kappa shape index (κ2) is 3.91. The summed E-state index contributed by atoms with van der Waals surface area (Å²) in [7, 11) is 0. The van der Waals surface area contributed by atoms with Crippen molar-refractivity contribution in [2.75, 3.05) is 6.54 Å². The number of ketones is 1. The number of nitro groups is 1. The maximum Gasteiger partial charge on any atom is 0.261 e. The van der Waals surface area contributed by atoms with E-state index in [0.29, 0.717) is 6.42 Å².